The van der Waals surface area contributed by atoms with Crippen molar-refractivity contribution in [1.82, 2.24) is 0 Å². The fraction of sp³-hybridized carbons (Fsp3) is 0.684. The predicted octanol–water partition coefficient (Wildman–Crippen LogP) is 4.94. The molecule has 0 aliphatic carbocycles. The molecule has 0 heterocycles. The quantitative estimate of drug-likeness (QED) is 0.771. The lowest BCUT2D eigenvalue weighted by molar-refractivity contribution is 0.0993. The van der Waals surface area contributed by atoms with Crippen molar-refractivity contribution in [3.63, 3.8) is 0 Å². The first-order valence-corrected chi connectivity index (χ1v) is 8.05. The van der Waals surface area contributed by atoms with Gasteiger partial charge in [0.1, 0.15) is 12.4 Å². The van der Waals surface area contributed by atoms with Gasteiger partial charge in [-0.15, -0.1) is 0 Å². The summed E-state index contributed by atoms with van der Waals surface area (Å²) in [6.07, 6.45) is 2.53. The Balaban J connectivity index is 2.65. The summed E-state index contributed by atoms with van der Waals surface area (Å²) >= 11 is 0. The summed E-state index contributed by atoms with van der Waals surface area (Å²) in [5.41, 5.74) is 1.79. The van der Waals surface area contributed by atoms with Crippen molar-refractivity contribution < 1.29 is 9.84 Å². The van der Waals surface area contributed by atoms with E-state index in [1.165, 1.54) is 5.56 Å². The van der Waals surface area contributed by atoms with Crippen LogP contribution in [-0.4, -0.2) is 17.8 Å². The highest BCUT2D eigenvalue weighted by molar-refractivity contribution is 5.31. The van der Waals surface area contributed by atoms with Crippen LogP contribution in [0.4, 0.5) is 0 Å². The van der Waals surface area contributed by atoms with E-state index in [-0.39, 0.29) is 11.5 Å². The molecule has 21 heavy (non-hydrogen) atoms. The molecule has 1 aromatic rings. The standard InChI is InChI=1S/C19H32O2/c1-7-8-16(20)13-21-17-11-9-15(10-12-17)19(5,6)14-18(2,3)4/h9-12,16,20H,7-8,13-14H2,1-6H3. The van der Waals surface area contributed by atoms with Gasteiger partial charge in [0.2, 0.25) is 0 Å². The summed E-state index contributed by atoms with van der Waals surface area (Å²) in [7, 11) is 0. The molecule has 2 heteroatoms. The van der Waals surface area contributed by atoms with Crippen molar-refractivity contribution in [2.45, 2.75) is 72.3 Å². The third kappa shape index (κ3) is 6.52. The van der Waals surface area contributed by atoms with Crippen LogP contribution >= 0.6 is 0 Å². The zero-order chi connectivity index (χ0) is 16.1. The molecule has 1 aromatic carbocycles. The fourth-order valence-corrected chi connectivity index (χ4v) is 3.04. The summed E-state index contributed by atoms with van der Waals surface area (Å²) in [4.78, 5) is 0. The highest BCUT2D eigenvalue weighted by atomic mass is 16.5. The second-order valence-electron chi connectivity index (χ2n) is 7.90. The van der Waals surface area contributed by atoms with Gasteiger partial charge in [0.25, 0.3) is 0 Å². The van der Waals surface area contributed by atoms with Gasteiger partial charge in [-0.2, -0.15) is 0 Å². The monoisotopic (exact) mass is 292 g/mol. The van der Waals surface area contributed by atoms with Crippen molar-refractivity contribution in [2.24, 2.45) is 5.41 Å². The van der Waals surface area contributed by atoms with Crippen LogP contribution in [0.5, 0.6) is 5.75 Å². The van der Waals surface area contributed by atoms with Crippen LogP contribution < -0.4 is 4.74 Å². The highest BCUT2D eigenvalue weighted by Gasteiger charge is 2.27. The van der Waals surface area contributed by atoms with Crippen LogP contribution in [0.3, 0.4) is 0 Å². The molecule has 0 amide bonds. The van der Waals surface area contributed by atoms with E-state index in [2.05, 4.69) is 53.7 Å². The van der Waals surface area contributed by atoms with E-state index in [1.54, 1.807) is 0 Å². The molecule has 0 radical (unpaired) electrons. The first-order valence-electron chi connectivity index (χ1n) is 8.05. The van der Waals surface area contributed by atoms with Crippen molar-refractivity contribution in [1.29, 1.82) is 0 Å². The Hall–Kier alpha value is -1.02. The molecule has 1 unspecified atom stereocenters. The van der Waals surface area contributed by atoms with Gasteiger partial charge < -0.3 is 9.84 Å². The zero-order valence-electron chi connectivity index (χ0n) is 14.6. The lowest BCUT2D eigenvalue weighted by Gasteiger charge is -2.33. The third-order valence-corrected chi connectivity index (χ3v) is 3.67. The fourth-order valence-electron chi connectivity index (χ4n) is 3.04. The SMILES string of the molecule is CCCC(O)COc1ccc(C(C)(C)CC(C)(C)C)cc1. The van der Waals surface area contributed by atoms with Crippen molar-refractivity contribution in [3.8, 4) is 5.75 Å². The molecular weight excluding hydrogens is 260 g/mol. The van der Waals surface area contributed by atoms with E-state index < -0.39 is 0 Å². The molecule has 1 rings (SSSR count). The maximum absolute atomic E-state index is 9.70. The molecule has 0 aliphatic heterocycles. The summed E-state index contributed by atoms with van der Waals surface area (Å²) in [5.74, 6) is 0.834. The molecule has 0 bridgehead atoms. The van der Waals surface area contributed by atoms with Crippen LogP contribution in [0.25, 0.3) is 0 Å². The van der Waals surface area contributed by atoms with Gasteiger partial charge in [-0.05, 0) is 41.4 Å². The van der Waals surface area contributed by atoms with Gasteiger partial charge in [-0.3, -0.25) is 0 Å². The van der Waals surface area contributed by atoms with Crippen LogP contribution in [0.1, 0.15) is 66.4 Å². The largest absolute Gasteiger partial charge is 0.491 e. The molecule has 0 aliphatic rings. The minimum Gasteiger partial charge on any atom is -0.491 e. The normalized spacial score (nSPS) is 14.0. The third-order valence-electron chi connectivity index (χ3n) is 3.67. The molecule has 120 valence electrons. The molecule has 0 fully saturated rings. The van der Waals surface area contributed by atoms with Crippen molar-refractivity contribution >= 4 is 0 Å². The van der Waals surface area contributed by atoms with Crippen molar-refractivity contribution in [3.05, 3.63) is 29.8 Å². The van der Waals surface area contributed by atoms with Crippen LogP contribution in [0.15, 0.2) is 24.3 Å². The van der Waals surface area contributed by atoms with Gasteiger partial charge in [-0.25, -0.2) is 0 Å². The van der Waals surface area contributed by atoms with E-state index in [1.807, 2.05) is 12.1 Å². The number of benzene rings is 1. The predicted molar refractivity (Wildman–Crippen MR) is 89.9 cm³/mol. The van der Waals surface area contributed by atoms with Crippen LogP contribution in [-0.2, 0) is 5.41 Å². The minimum absolute atomic E-state index is 0.151. The van der Waals surface area contributed by atoms with Gasteiger partial charge >= 0.3 is 0 Å². The molecule has 2 nitrogen and oxygen atoms in total. The van der Waals surface area contributed by atoms with Gasteiger partial charge in [0.05, 0.1) is 6.10 Å². The Kier molecular flexibility index (Phi) is 6.27. The average Bonchev–Trinajstić information content (AvgIpc) is 2.34. The number of aliphatic hydroxyl groups excluding tert-OH is 1. The highest BCUT2D eigenvalue weighted by Crippen LogP contribution is 2.36. The van der Waals surface area contributed by atoms with Crippen LogP contribution in [0, 0.1) is 5.41 Å². The lowest BCUT2D eigenvalue weighted by Crippen LogP contribution is -2.24. The van der Waals surface area contributed by atoms with Crippen molar-refractivity contribution in [2.75, 3.05) is 6.61 Å². The first-order chi connectivity index (χ1) is 9.64. The average molecular weight is 292 g/mol. The zero-order valence-corrected chi connectivity index (χ0v) is 14.6. The molecule has 0 saturated carbocycles. The smallest absolute Gasteiger partial charge is 0.119 e. The van der Waals surface area contributed by atoms with E-state index in [0.29, 0.717) is 12.0 Å². The number of rotatable bonds is 7. The topological polar surface area (TPSA) is 29.5 Å². The Morgan fingerprint density at radius 2 is 1.62 bits per heavy atom. The maximum Gasteiger partial charge on any atom is 0.119 e. The number of aliphatic hydroxyl groups is 1. The maximum atomic E-state index is 9.70. The molecular formula is C19H32O2. The Labute approximate surface area is 130 Å². The lowest BCUT2D eigenvalue weighted by atomic mass is 9.72. The second-order valence-corrected chi connectivity index (χ2v) is 7.90. The summed E-state index contributed by atoms with van der Waals surface area (Å²) in [6.45, 7) is 13.9. The van der Waals surface area contributed by atoms with Crippen LogP contribution in [0.2, 0.25) is 0 Å². The second kappa shape index (κ2) is 7.31. The molecule has 1 atom stereocenters. The van der Waals surface area contributed by atoms with E-state index in [9.17, 15) is 5.11 Å². The molecule has 0 aromatic heterocycles. The van der Waals surface area contributed by atoms with Gasteiger partial charge in [0, 0.05) is 0 Å². The summed E-state index contributed by atoms with van der Waals surface area (Å²) < 4.78 is 5.64. The van der Waals surface area contributed by atoms with Gasteiger partial charge in [-0.1, -0.05) is 60.1 Å². The molecule has 0 saturated heterocycles. The Bertz CT molecular complexity index is 412. The molecule has 0 spiro atoms. The summed E-state index contributed by atoms with van der Waals surface area (Å²) in [5, 5.41) is 9.70. The van der Waals surface area contributed by atoms with Gasteiger partial charge in [0.15, 0.2) is 0 Å². The minimum atomic E-state index is -0.369. The number of hydrogen-bond acceptors (Lipinski definition) is 2. The Morgan fingerprint density at radius 3 is 2.10 bits per heavy atom. The summed E-state index contributed by atoms with van der Waals surface area (Å²) in [6, 6.07) is 8.32. The van der Waals surface area contributed by atoms with E-state index in [4.69, 9.17) is 4.74 Å². The van der Waals surface area contributed by atoms with E-state index >= 15 is 0 Å². The van der Waals surface area contributed by atoms with E-state index in [0.717, 1.165) is 25.0 Å². The first kappa shape index (κ1) is 18.0. The molecule has 1 N–H and O–H groups in total. The number of hydrogen-bond donors (Lipinski definition) is 1. The Morgan fingerprint density at radius 1 is 1.05 bits per heavy atom. The number of ether oxygens (including phenoxy) is 1.